The first-order valence-corrected chi connectivity index (χ1v) is 6.13. The van der Waals surface area contributed by atoms with Crippen LogP contribution in [0.1, 0.15) is 17.3 Å². The number of carbonyl (C=O) groups is 1. The highest BCUT2D eigenvalue weighted by Crippen LogP contribution is 2.21. The molecule has 2 aromatic rings. The van der Waals surface area contributed by atoms with Gasteiger partial charge in [0.25, 0.3) is 5.91 Å². The topological polar surface area (TPSA) is 58.6 Å². The van der Waals surface area contributed by atoms with Crippen LogP contribution in [-0.4, -0.2) is 17.6 Å². The van der Waals surface area contributed by atoms with Gasteiger partial charge in [-0.05, 0) is 49.4 Å². The van der Waals surface area contributed by atoms with Crippen LogP contribution < -0.4 is 10.1 Å². The lowest BCUT2D eigenvalue weighted by molar-refractivity contribution is 0.102. The van der Waals surface area contributed by atoms with E-state index in [0.29, 0.717) is 18.0 Å². The Morgan fingerprint density at radius 2 is 1.95 bits per heavy atom. The van der Waals surface area contributed by atoms with Crippen molar-refractivity contribution in [2.75, 3.05) is 11.9 Å². The van der Waals surface area contributed by atoms with Gasteiger partial charge in [0.05, 0.1) is 12.2 Å². The van der Waals surface area contributed by atoms with Crippen molar-refractivity contribution in [3.8, 4) is 11.5 Å². The maximum atomic E-state index is 13.1. The molecule has 0 heterocycles. The molecule has 20 heavy (non-hydrogen) atoms. The number of phenolic OH excluding ortho intramolecular Hbond substituents is 1. The summed E-state index contributed by atoms with van der Waals surface area (Å²) >= 11 is 0. The molecule has 0 spiro atoms. The van der Waals surface area contributed by atoms with E-state index in [1.165, 1.54) is 0 Å². The summed E-state index contributed by atoms with van der Waals surface area (Å²) in [7, 11) is 0. The first-order valence-electron chi connectivity index (χ1n) is 6.13. The van der Waals surface area contributed by atoms with Gasteiger partial charge in [0.1, 0.15) is 17.3 Å². The average Bonchev–Trinajstić information content (AvgIpc) is 2.44. The number of benzene rings is 2. The number of hydrogen-bond donors (Lipinski definition) is 2. The van der Waals surface area contributed by atoms with Crippen LogP contribution in [0.2, 0.25) is 0 Å². The van der Waals surface area contributed by atoms with Crippen molar-refractivity contribution < 1.29 is 19.0 Å². The van der Waals surface area contributed by atoms with E-state index in [9.17, 15) is 14.3 Å². The summed E-state index contributed by atoms with van der Waals surface area (Å²) in [4.78, 5) is 11.9. The molecule has 0 fully saturated rings. The summed E-state index contributed by atoms with van der Waals surface area (Å²) in [5.41, 5.74) is 0.418. The van der Waals surface area contributed by atoms with E-state index in [1.54, 1.807) is 24.3 Å². The highest BCUT2D eigenvalue weighted by molar-refractivity contribution is 6.06. The Labute approximate surface area is 115 Å². The van der Waals surface area contributed by atoms with Gasteiger partial charge in [-0.2, -0.15) is 0 Å². The van der Waals surface area contributed by atoms with E-state index in [0.717, 1.165) is 18.2 Å². The highest BCUT2D eigenvalue weighted by atomic mass is 19.1. The highest BCUT2D eigenvalue weighted by Gasteiger charge is 2.12. The summed E-state index contributed by atoms with van der Waals surface area (Å²) in [6, 6.07) is 9.97. The van der Waals surface area contributed by atoms with Crippen molar-refractivity contribution in [2.24, 2.45) is 0 Å². The van der Waals surface area contributed by atoms with E-state index in [1.807, 2.05) is 6.92 Å². The van der Waals surface area contributed by atoms with Crippen LogP contribution >= 0.6 is 0 Å². The lowest BCUT2D eigenvalue weighted by Crippen LogP contribution is -2.12. The molecule has 0 saturated carbocycles. The second-order valence-corrected chi connectivity index (χ2v) is 4.07. The number of rotatable bonds is 4. The lowest BCUT2D eigenvalue weighted by atomic mass is 10.1. The first kappa shape index (κ1) is 13.9. The first-order chi connectivity index (χ1) is 9.60. The maximum Gasteiger partial charge on any atom is 0.259 e. The van der Waals surface area contributed by atoms with Gasteiger partial charge < -0.3 is 15.2 Å². The molecular weight excluding hydrogens is 261 g/mol. The van der Waals surface area contributed by atoms with E-state index < -0.39 is 11.7 Å². The standard InChI is InChI=1S/C15H14FNO3/c1-2-20-12-6-4-11(5-7-12)17-15(19)13-9-10(16)3-8-14(13)18/h3-9,18H,2H2,1H3,(H,17,19). The van der Waals surface area contributed by atoms with Gasteiger partial charge in [-0.3, -0.25) is 4.79 Å². The molecule has 0 unspecified atom stereocenters. The molecule has 0 aliphatic carbocycles. The third kappa shape index (κ3) is 3.26. The SMILES string of the molecule is CCOc1ccc(NC(=O)c2cc(F)ccc2O)cc1. The fourth-order valence-electron chi connectivity index (χ4n) is 1.69. The number of phenols is 1. The molecular formula is C15H14FNO3. The Morgan fingerprint density at radius 3 is 2.60 bits per heavy atom. The van der Waals surface area contributed by atoms with Crippen molar-refractivity contribution in [3.63, 3.8) is 0 Å². The molecule has 0 atom stereocenters. The van der Waals surface area contributed by atoms with Gasteiger partial charge in [-0.15, -0.1) is 0 Å². The smallest absolute Gasteiger partial charge is 0.259 e. The van der Waals surface area contributed by atoms with Crippen molar-refractivity contribution in [3.05, 3.63) is 53.8 Å². The van der Waals surface area contributed by atoms with Crippen molar-refractivity contribution in [2.45, 2.75) is 6.92 Å². The number of amides is 1. The third-order valence-electron chi connectivity index (χ3n) is 2.63. The third-order valence-corrected chi connectivity index (χ3v) is 2.63. The molecule has 0 aromatic heterocycles. The van der Waals surface area contributed by atoms with Gasteiger partial charge in [0.15, 0.2) is 0 Å². The molecule has 0 saturated heterocycles. The number of anilines is 1. The van der Waals surface area contributed by atoms with Gasteiger partial charge in [0, 0.05) is 5.69 Å². The summed E-state index contributed by atoms with van der Waals surface area (Å²) in [6.45, 7) is 2.44. The molecule has 104 valence electrons. The molecule has 2 rings (SSSR count). The zero-order valence-corrected chi connectivity index (χ0v) is 10.9. The predicted molar refractivity (Wildman–Crippen MR) is 73.6 cm³/mol. The quantitative estimate of drug-likeness (QED) is 0.901. The average molecular weight is 275 g/mol. The Kier molecular flexibility index (Phi) is 4.20. The molecule has 0 aliphatic rings. The Morgan fingerprint density at radius 1 is 1.25 bits per heavy atom. The Balaban J connectivity index is 2.13. The minimum atomic E-state index is -0.584. The number of halogens is 1. The molecule has 0 aliphatic heterocycles. The maximum absolute atomic E-state index is 13.1. The second-order valence-electron chi connectivity index (χ2n) is 4.07. The van der Waals surface area contributed by atoms with Crippen LogP contribution in [0.25, 0.3) is 0 Å². The Hall–Kier alpha value is -2.56. The minimum absolute atomic E-state index is 0.112. The van der Waals surface area contributed by atoms with Gasteiger partial charge in [-0.1, -0.05) is 0 Å². The van der Waals surface area contributed by atoms with E-state index in [-0.39, 0.29) is 11.3 Å². The van der Waals surface area contributed by atoms with Crippen LogP contribution in [0.15, 0.2) is 42.5 Å². The normalized spacial score (nSPS) is 10.1. The number of ether oxygens (including phenoxy) is 1. The largest absolute Gasteiger partial charge is 0.507 e. The predicted octanol–water partition coefficient (Wildman–Crippen LogP) is 3.18. The molecule has 0 bridgehead atoms. The van der Waals surface area contributed by atoms with Crippen molar-refractivity contribution in [1.82, 2.24) is 0 Å². The zero-order chi connectivity index (χ0) is 14.5. The van der Waals surface area contributed by atoms with Crippen molar-refractivity contribution in [1.29, 1.82) is 0 Å². The Bertz CT molecular complexity index is 611. The monoisotopic (exact) mass is 275 g/mol. The fourth-order valence-corrected chi connectivity index (χ4v) is 1.69. The molecule has 4 nitrogen and oxygen atoms in total. The van der Waals surface area contributed by atoms with Gasteiger partial charge in [0.2, 0.25) is 0 Å². The van der Waals surface area contributed by atoms with E-state index in [4.69, 9.17) is 4.74 Å². The lowest BCUT2D eigenvalue weighted by Gasteiger charge is -2.08. The molecule has 0 radical (unpaired) electrons. The van der Waals surface area contributed by atoms with Crippen LogP contribution in [0.3, 0.4) is 0 Å². The van der Waals surface area contributed by atoms with Gasteiger partial charge >= 0.3 is 0 Å². The number of hydrogen-bond acceptors (Lipinski definition) is 3. The summed E-state index contributed by atoms with van der Waals surface area (Å²) in [5, 5.41) is 12.1. The van der Waals surface area contributed by atoms with Gasteiger partial charge in [-0.25, -0.2) is 4.39 Å². The van der Waals surface area contributed by atoms with Crippen LogP contribution in [0.4, 0.5) is 10.1 Å². The number of nitrogens with one attached hydrogen (secondary N) is 1. The zero-order valence-electron chi connectivity index (χ0n) is 10.9. The molecule has 5 heteroatoms. The fraction of sp³-hybridized carbons (Fsp3) is 0.133. The minimum Gasteiger partial charge on any atom is -0.507 e. The summed E-state index contributed by atoms with van der Waals surface area (Å²) in [6.07, 6.45) is 0. The second kappa shape index (κ2) is 6.06. The molecule has 2 N–H and O–H groups in total. The number of aromatic hydroxyl groups is 1. The van der Waals surface area contributed by atoms with Crippen molar-refractivity contribution >= 4 is 11.6 Å². The van der Waals surface area contributed by atoms with E-state index in [2.05, 4.69) is 5.32 Å². The van der Waals surface area contributed by atoms with Crippen LogP contribution in [0.5, 0.6) is 11.5 Å². The molecule has 1 amide bonds. The number of carbonyl (C=O) groups excluding carboxylic acids is 1. The van der Waals surface area contributed by atoms with Crippen LogP contribution in [0, 0.1) is 5.82 Å². The summed E-state index contributed by atoms with van der Waals surface area (Å²) in [5.74, 6) is -0.736. The van der Waals surface area contributed by atoms with Crippen LogP contribution in [-0.2, 0) is 0 Å². The van der Waals surface area contributed by atoms with E-state index >= 15 is 0 Å². The summed E-state index contributed by atoms with van der Waals surface area (Å²) < 4.78 is 18.4. The molecule has 2 aromatic carbocycles.